The average Bonchev–Trinajstić information content (AvgIpc) is 2.07. The zero-order valence-corrected chi connectivity index (χ0v) is 7.14. The third-order valence-electron chi connectivity index (χ3n) is 1.66. The molecule has 11 heavy (non-hydrogen) atoms. The number of rotatable bonds is 4. The first-order valence-electron chi connectivity index (χ1n) is 4.33. The number of nitrogens with one attached hydrogen (secondary N) is 1. The molecule has 1 unspecified atom stereocenters. The molecular formula is C8H17NO2. The van der Waals surface area contributed by atoms with Gasteiger partial charge in [-0.2, -0.15) is 0 Å². The molecule has 1 atom stereocenters. The second kappa shape index (κ2) is 5.52. The SMILES string of the molecule is CCCOCC1CNCCO1. The summed E-state index contributed by atoms with van der Waals surface area (Å²) in [6, 6.07) is 0. The van der Waals surface area contributed by atoms with Gasteiger partial charge < -0.3 is 14.8 Å². The summed E-state index contributed by atoms with van der Waals surface area (Å²) < 4.78 is 10.8. The lowest BCUT2D eigenvalue weighted by Gasteiger charge is -2.23. The van der Waals surface area contributed by atoms with Gasteiger partial charge in [0, 0.05) is 19.7 Å². The van der Waals surface area contributed by atoms with Crippen molar-refractivity contribution in [3.63, 3.8) is 0 Å². The van der Waals surface area contributed by atoms with Crippen LogP contribution in [0.25, 0.3) is 0 Å². The van der Waals surface area contributed by atoms with Gasteiger partial charge in [0.15, 0.2) is 0 Å². The molecule has 0 aromatic heterocycles. The van der Waals surface area contributed by atoms with Crippen LogP contribution in [0.3, 0.4) is 0 Å². The highest BCUT2D eigenvalue weighted by Crippen LogP contribution is 1.96. The van der Waals surface area contributed by atoms with Gasteiger partial charge in [-0.05, 0) is 6.42 Å². The lowest BCUT2D eigenvalue weighted by atomic mass is 10.3. The summed E-state index contributed by atoms with van der Waals surface area (Å²) in [5, 5.41) is 3.26. The van der Waals surface area contributed by atoms with Gasteiger partial charge in [-0.1, -0.05) is 6.92 Å². The van der Waals surface area contributed by atoms with Crippen molar-refractivity contribution in [3.05, 3.63) is 0 Å². The van der Waals surface area contributed by atoms with Crippen LogP contribution in [-0.2, 0) is 9.47 Å². The lowest BCUT2D eigenvalue weighted by molar-refractivity contribution is -0.0311. The monoisotopic (exact) mass is 159 g/mol. The quantitative estimate of drug-likeness (QED) is 0.602. The van der Waals surface area contributed by atoms with E-state index in [-0.39, 0.29) is 6.10 Å². The van der Waals surface area contributed by atoms with Crippen molar-refractivity contribution in [1.82, 2.24) is 5.32 Å². The molecule has 0 radical (unpaired) electrons. The zero-order chi connectivity index (χ0) is 7.94. The fraction of sp³-hybridized carbons (Fsp3) is 1.00. The third kappa shape index (κ3) is 3.70. The molecule has 1 saturated heterocycles. The van der Waals surface area contributed by atoms with E-state index in [4.69, 9.17) is 9.47 Å². The van der Waals surface area contributed by atoms with Gasteiger partial charge in [0.05, 0.1) is 19.3 Å². The number of hydrogen-bond donors (Lipinski definition) is 1. The first kappa shape index (κ1) is 8.97. The predicted octanol–water partition coefficient (Wildman–Crippen LogP) is 0.401. The van der Waals surface area contributed by atoms with Gasteiger partial charge in [0.1, 0.15) is 0 Å². The fourth-order valence-corrected chi connectivity index (χ4v) is 1.09. The highest BCUT2D eigenvalue weighted by Gasteiger charge is 2.12. The zero-order valence-electron chi connectivity index (χ0n) is 7.14. The molecular weight excluding hydrogens is 142 g/mol. The maximum absolute atomic E-state index is 5.44. The molecule has 0 amide bonds. The number of morpholine rings is 1. The minimum Gasteiger partial charge on any atom is -0.379 e. The summed E-state index contributed by atoms with van der Waals surface area (Å²) in [4.78, 5) is 0. The van der Waals surface area contributed by atoms with Gasteiger partial charge in [-0.15, -0.1) is 0 Å². The Morgan fingerprint density at radius 1 is 1.64 bits per heavy atom. The molecule has 0 bridgehead atoms. The van der Waals surface area contributed by atoms with Crippen LogP contribution < -0.4 is 5.32 Å². The Labute approximate surface area is 68.1 Å². The first-order valence-corrected chi connectivity index (χ1v) is 4.33. The molecule has 0 aliphatic carbocycles. The molecule has 0 aromatic carbocycles. The van der Waals surface area contributed by atoms with E-state index < -0.39 is 0 Å². The van der Waals surface area contributed by atoms with Crippen LogP contribution in [0.5, 0.6) is 0 Å². The maximum atomic E-state index is 5.44. The second-order valence-electron chi connectivity index (χ2n) is 2.77. The molecule has 1 fully saturated rings. The van der Waals surface area contributed by atoms with Gasteiger partial charge in [0.25, 0.3) is 0 Å². The summed E-state index contributed by atoms with van der Waals surface area (Å²) in [7, 11) is 0. The van der Waals surface area contributed by atoms with E-state index in [9.17, 15) is 0 Å². The van der Waals surface area contributed by atoms with Crippen LogP contribution in [0.2, 0.25) is 0 Å². The van der Waals surface area contributed by atoms with Crippen LogP contribution in [0.4, 0.5) is 0 Å². The largest absolute Gasteiger partial charge is 0.379 e. The fourth-order valence-electron chi connectivity index (χ4n) is 1.09. The van der Waals surface area contributed by atoms with Crippen molar-refractivity contribution in [2.45, 2.75) is 19.4 Å². The van der Waals surface area contributed by atoms with Crippen LogP contribution in [0, 0.1) is 0 Å². The summed E-state index contributed by atoms with van der Waals surface area (Å²) >= 11 is 0. The summed E-state index contributed by atoms with van der Waals surface area (Å²) in [5.41, 5.74) is 0. The van der Waals surface area contributed by atoms with Crippen LogP contribution >= 0.6 is 0 Å². The van der Waals surface area contributed by atoms with Crippen molar-refractivity contribution in [3.8, 4) is 0 Å². The Bertz CT molecular complexity index is 92.1. The molecule has 1 aliphatic heterocycles. The topological polar surface area (TPSA) is 30.5 Å². The highest BCUT2D eigenvalue weighted by atomic mass is 16.5. The molecule has 3 heteroatoms. The van der Waals surface area contributed by atoms with E-state index in [0.717, 1.165) is 39.3 Å². The minimum absolute atomic E-state index is 0.273. The molecule has 1 rings (SSSR count). The van der Waals surface area contributed by atoms with E-state index in [0.29, 0.717) is 0 Å². The normalized spacial score (nSPS) is 25.4. The third-order valence-corrected chi connectivity index (χ3v) is 1.66. The van der Waals surface area contributed by atoms with E-state index in [1.807, 2.05) is 0 Å². The van der Waals surface area contributed by atoms with E-state index in [1.165, 1.54) is 0 Å². The second-order valence-corrected chi connectivity index (χ2v) is 2.77. The highest BCUT2D eigenvalue weighted by molar-refractivity contribution is 4.65. The summed E-state index contributed by atoms with van der Waals surface area (Å²) in [6.07, 6.45) is 1.36. The van der Waals surface area contributed by atoms with Crippen LogP contribution in [0.1, 0.15) is 13.3 Å². The Balaban J connectivity index is 1.96. The molecule has 0 aromatic rings. The molecule has 1 heterocycles. The molecule has 3 nitrogen and oxygen atoms in total. The van der Waals surface area contributed by atoms with Crippen molar-refractivity contribution in [2.75, 3.05) is 32.9 Å². The van der Waals surface area contributed by atoms with Gasteiger partial charge in [-0.25, -0.2) is 0 Å². The molecule has 1 aliphatic rings. The van der Waals surface area contributed by atoms with Gasteiger partial charge >= 0.3 is 0 Å². The number of hydrogen-bond acceptors (Lipinski definition) is 3. The minimum atomic E-state index is 0.273. The summed E-state index contributed by atoms with van der Waals surface area (Å²) in [6.45, 7) is 6.43. The van der Waals surface area contributed by atoms with Crippen molar-refractivity contribution in [1.29, 1.82) is 0 Å². The summed E-state index contributed by atoms with van der Waals surface area (Å²) in [5.74, 6) is 0. The molecule has 0 saturated carbocycles. The lowest BCUT2D eigenvalue weighted by Crippen LogP contribution is -2.41. The van der Waals surface area contributed by atoms with E-state index in [2.05, 4.69) is 12.2 Å². The van der Waals surface area contributed by atoms with E-state index >= 15 is 0 Å². The van der Waals surface area contributed by atoms with Crippen molar-refractivity contribution in [2.24, 2.45) is 0 Å². The van der Waals surface area contributed by atoms with Crippen LogP contribution in [0.15, 0.2) is 0 Å². The Morgan fingerprint density at radius 2 is 2.55 bits per heavy atom. The molecule has 0 spiro atoms. The Kier molecular flexibility index (Phi) is 4.50. The van der Waals surface area contributed by atoms with Gasteiger partial charge in [0.2, 0.25) is 0 Å². The van der Waals surface area contributed by atoms with Crippen molar-refractivity contribution < 1.29 is 9.47 Å². The predicted molar refractivity (Wildman–Crippen MR) is 43.7 cm³/mol. The molecule has 66 valence electrons. The average molecular weight is 159 g/mol. The van der Waals surface area contributed by atoms with Crippen molar-refractivity contribution >= 4 is 0 Å². The first-order chi connectivity index (χ1) is 5.43. The van der Waals surface area contributed by atoms with E-state index in [1.54, 1.807) is 0 Å². The Hall–Kier alpha value is -0.120. The maximum Gasteiger partial charge on any atom is 0.0933 e. The molecule has 1 N–H and O–H groups in total. The Morgan fingerprint density at radius 3 is 3.18 bits per heavy atom. The van der Waals surface area contributed by atoms with Crippen LogP contribution in [-0.4, -0.2) is 39.0 Å². The van der Waals surface area contributed by atoms with Gasteiger partial charge in [-0.3, -0.25) is 0 Å². The number of ether oxygens (including phenoxy) is 2. The smallest absolute Gasteiger partial charge is 0.0933 e. The standard InChI is InChI=1S/C8H17NO2/c1-2-4-10-7-8-6-9-3-5-11-8/h8-9H,2-7H2,1H3.